The number of nitrogens with one attached hydrogen (secondary N) is 1. The number of hydrogen-bond acceptors (Lipinski definition) is 5. The number of unbranched alkanes of at least 4 members (excludes halogenated alkanes) is 4. The molecule has 0 unspecified atom stereocenters. The van der Waals surface area contributed by atoms with Crippen molar-refractivity contribution >= 4 is 50.7 Å². The molecule has 0 saturated carbocycles. The Morgan fingerprint density at radius 2 is 1.77 bits per heavy atom. The molecule has 5 rings (SSSR count). The first-order valence-electron chi connectivity index (χ1n) is 14.1. The average Bonchev–Trinajstić information content (AvgIpc) is 3.44. The summed E-state index contributed by atoms with van der Waals surface area (Å²) < 4.78 is 8.33. The monoisotopic (exact) mass is 555 g/mol. The van der Waals surface area contributed by atoms with Gasteiger partial charge in [-0.1, -0.05) is 56.9 Å². The van der Waals surface area contributed by atoms with Crippen LogP contribution in [0.15, 0.2) is 58.1 Å². The molecule has 0 bridgehead atoms. The van der Waals surface area contributed by atoms with Crippen molar-refractivity contribution < 1.29 is 9.53 Å². The molecule has 3 aromatic rings. The maximum Gasteiger partial charge on any atom is 0.283 e. The molecule has 0 saturated heterocycles. The summed E-state index contributed by atoms with van der Waals surface area (Å²) in [5.74, 6) is 0.559. The Kier molecular flexibility index (Phi) is 8.54. The van der Waals surface area contributed by atoms with Crippen LogP contribution in [-0.4, -0.2) is 38.1 Å². The first kappa shape index (κ1) is 27.9. The number of nitrogens with zero attached hydrogens (tertiary/aromatic N) is 4. The zero-order valence-corrected chi connectivity index (χ0v) is 24.6. The number of amidine groups is 2. The SMILES string of the molecule is CCCCCCCC1=NN2C(=N)/C(=C/c3c(C)n(CCOc4cc(C)cc(C)c4)c4ccccc34)C(=O)N=C2S1. The van der Waals surface area contributed by atoms with Crippen molar-refractivity contribution in [2.75, 3.05) is 6.61 Å². The fourth-order valence-corrected chi connectivity index (χ4v) is 6.28. The minimum Gasteiger partial charge on any atom is -0.492 e. The molecular formula is C32H37N5O2S. The molecular weight excluding hydrogens is 518 g/mol. The van der Waals surface area contributed by atoms with E-state index < -0.39 is 5.91 Å². The van der Waals surface area contributed by atoms with Gasteiger partial charge in [-0.2, -0.15) is 15.1 Å². The van der Waals surface area contributed by atoms with Gasteiger partial charge >= 0.3 is 0 Å². The number of ether oxygens (including phenoxy) is 1. The molecule has 2 aromatic carbocycles. The number of carbonyl (C=O) groups is 1. The van der Waals surface area contributed by atoms with Gasteiger partial charge in [0, 0.05) is 22.2 Å². The van der Waals surface area contributed by atoms with Gasteiger partial charge in [0.1, 0.15) is 17.4 Å². The second-order valence-electron chi connectivity index (χ2n) is 10.5. The van der Waals surface area contributed by atoms with E-state index in [9.17, 15) is 4.79 Å². The lowest BCUT2D eigenvalue weighted by atomic mass is 10.1. The van der Waals surface area contributed by atoms with E-state index in [1.54, 1.807) is 0 Å². The first-order valence-corrected chi connectivity index (χ1v) is 15.0. The van der Waals surface area contributed by atoms with Crippen molar-refractivity contribution in [3.8, 4) is 5.75 Å². The van der Waals surface area contributed by atoms with Crippen LogP contribution in [0.1, 0.15) is 67.8 Å². The van der Waals surface area contributed by atoms with Crippen LogP contribution < -0.4 is 4.74 Å². The van der Waals surface area contributed by atoms with Gasteiger partial charge in [-0.25, -0.2) is 0 Å². The number of carbonyl (C=O) groups excluding carboxylic acids is 1. The van der Waals surface area contributed by atoms with Crippen molar-refractivity contribution in [1.29, 1.82) is 5.41 Å². The smallest absolute Gasteiger partial charge is 0.283 e. The van der Waals surface area contributed by atoms with Crippen LogP contribution in [0.3, 0.4) is 0 Å². The Bertz CT molecular complexity index is 1530. The minimum atomic E-state index is -0.391. The molecule has 0 atom stereocenters. The van der Waals surface area contributed by atoms with Crippen LogP contribution in [0.4, 0.5) is 0 Å². The first-order chi connectivity index (χ1) is 19.4. The van der Waals surface area contributed by atoms with Gasteiger partial charge < -0.3 is 9.30 Å². The highest BCUT2D eigenvalue weighted by atomic mass is 32.2. The molecule has 0 radical (unpaired) electrons. The summed E-state index contributed by atoms with van der Waals surface area (Å²) in [6.07, 6.45) is 8.58. The molecule has 2 aliphatic heterocycles. The largest absolute Gasteiger partial charge is 0.492 e. The molecule has 40 heavy (non-hydrogen) atoms. The molecule has 8 heteroatoms. The molecule has 208 valence electrons. The van der Waals surface area contributed by atoms with E-state index in [-0.39, 0.29) is 11.4 Å². The molecule has 1 aromatic heterocycles. The van der Waals surface area contributed by atoms with E-state index in [4.69, 9.17) is 10.1 Å². The maximum absolute atomic E-state index is 13.1. The zero-order chi connectivity index (χ0) is 28.2. The summed E-state index contributed by atoms with van der Waals surface area (Å²) >= 11 is 1.41. The van der Waals surface area contributed by atoms with Crippen LogP contribution in [0.2, 0.25) is 0 Å². The van der Waals surface area contributed by atoms with E-state index >= 15 is 0 Å². The standard InChI is InChI=1S/C32H37N5O2S/c1-5-6-7-8-9-14-29-35-37-30(33)27(31(38)34-32(37)40-29)20-26-23(4)36(28-13-11-10-12-25(26)28)15-16-39-24-18-21(2)17-22(3)19-24/h10-13,17-20,33H,5-9,14-16H2,1-4H3/b27-20-,33-30?. The van der Waals surface area contributed by atoms with Gasteiger partial charge in [0.2, 0.25) is 5.17 Å². The average molecular weight is 556 g/mol. The number of para-hydroxylation sites is 1. The number of hydrogen-bond donors (Lipinski definition) is 1. The fraction of sp³-hybridized carbons (Fsp3) is 0.375. The lowest BCUT2D eigenvalue weighted by Gasteiger charge is -2.20. The molecule has 3 heterocycles. The van der Waals surface area contributed by atoms with E-state index in [1.807, 2.05) is 18.2 Å². The van der Waals surface area contributed by atoms with Crippen LogP contribution in [0.5, 0.6) is 5.75 Å². The summed E-state index contributed by atoms with van der Waals surface area (Å²) in [6, 6.07) is 14.4. The number of fused-ring (bicyclic) bond motifs is 2. The number of thioether (sulfide) groups is 1. The Labute approximate surface area is 240 Å². The lowest BCUT2D eigenvalue weighted by Crippen LogP contribution is -2.35. The third-order valence-electron chi connectivity index (χ3n) is 7.34. The Morgan fingerprint density at radius 3 is 2.55 bits per heavy atom. The van der Waals surface area contributed by atoms with E-state index in [2.05, 4.69) is 72.7 Å². The number of amides is 1. The topological polar surface area (TPSA) is 83.0 Å². The molecule has 0 aliphatic carbocycles. The van der Waals surface area contributed by atoms with Gasteiger partial charge in [0.15, 0.2) is 5.84 Å². The molecule has 1 N–H and O–H groups in total. The highest BCUT2D eigenvalue weighted by Crippen LogP contribution is 2.33. The third-order valence-corrected chi connectivity index (χ3v) is 8.31. The second-order valence-corrected chi connectivity index (χ2v) is 11.6. The van der Waals surface area contributed by atoms with Crippen molar-refractivity contribution in [2.45, 2.75) is 72.8 Å². The van der Waals surface area contributed by atoms with Crippen LogP contribution in [0, 0.1) is 26.2 Å². The fourth-order valence-electron chi connectivity index (χ4n) is 5.36. The number of aliphatic imine (C=N–C) groups is 1. The van der Waals surface area contributed by atoms with Gasteiger partial charge in [-0.05, 0) is 80.8 Å². The number of rotatable bonds is 11. The van der Waals surface area contributed by atoms with Gasteiger partial charge in [0.25, 0.3) is 5.91 Å². The van der Waals surface area contributed by atoms with Gasteiger partial charge in [-0.3, -0.25) is 10.2 Å². The Morgan fingerprint density at radius 1 is 1.02 bits per heavy atom. The Hall–Kier alpha value is -3.65. The van der Waals surface area contributed by atoms with Gasteiger partial charge in [0.05, 0.1) is 12.1 Å². The van der Waals surface area contributed by atoms with Crippen LogP contribution >= 0.6 is 11.8 Å². The number of aryl methyl sites for hydroxylation is 2. The summed E-state index contributed by atoms with van der Waals surface area (Å²) in [4.78, 5) is 17.4. The molecule has 7 nitrogen and oxygen atoms in total. The van der Waals surface area contributed by atoms with Crippen molar-refractivity contribution in [1.82, 2.24) is 9.58 Å². The number of aromatic nitrogens is 1. The summed E-state index contributed by atoms with van der Waals surface area (Å²) in [5, 5.41) is 17.5. The number of hydrazone groups is 1. The quantitative estimate of drug-likeness (QED) is 0.195. The third kappa shape index (κ3) is 5.92. The molecule has 0 fully saturated rings. The van der Waals surface area contributed by atoms with Crippen LogP contribution in [-0.2, 0) is 11.3 Å². The minimum absolute atomic E-state index is 0.0814. The van der Waals surface area contributed by atoms with E-state index in [0.29, 0.717) is 18.3 Å². The highest BCUT2D eigenvalue weighted by molar-refractivity contribution is 8.26. The summed E-state index contributed by atoms with van der Waals surface area (Å²) in [6.45, 7) is 9.58. The molecule has 0 spiro atoms. The van der Waals surface area contributed by atoms with E-state index in [1.165, 1.54) is 53.6 Å². The van der Waals surface area contributed by atoms with Crippen molar-refractivity contribution in [2.24, 2.45) is 10.1 Å². The summed E-state index contributed by atoms with van der Waals surface area (Å²) in [5.41, 5.74) is 5.61. The second kappa shape index (κ2) is 12.3. The summed E-state index contributed by atoms with van der Waals surface area (Å²) in [7, 11) is 0. The maximum atomic E-state index is 13.1. The Balaban J connectivity index is 1.37. The van der Waals surface area contributed by atoms with Crippen molar-refractivity contribution in [3.63, 3.8) is 0 Å². The predicted octanol–water partition coefficient (Wildman–Crippen LogP) is 7.63. The molecule has 2 aliphatic rings. The zero-order valence-electron chi connectivity index (χ0n) is 23.8. The van der Waals surface area contributed by atoms with E-state index in [0.717, 1.165) is 45.8 Å². The normalized spacial score (nSPS) is 16.1. The van der Waals surface area contributed by atoms with Crippen LogP contribution in [0.25, 0.3) is 17.0 Å². The highest BCUT2D eigenvalue weighted by Gasteiger charge is 2.35. The van der Waals surface area contributed by atoms with Gasteiger partial charge in [-0.15, -0.1) is 0 Å². The predicted molar refractivity (Wildman–Crippen MR) is 166 cm³/mol. The van der Waals surface area contributed by atoms with Crippen molar-refractivity contribution in [3.05, 3.63) is 70.4 Å². The lowest BCUT2D eigenvalue weighted by molar-refractivity contribution is -0.114. The number of benzene rings is 2. The molecule has 1 amide bonds.